The van der Waals surface area contributed by atoms with E-state index in [0.29, 0.717) is 24.7 Å². The molecule has 0 radical (unpaired) electrons. The van der Waals surface area contributed by atoms with Crippen LogP contribution in [-0.4, -0.2) is 36.6 Å². The fourth-order valence-corrected chi connectivity index (χ4v) is 1.28. The second-order valence-corrected chi connectivity index (χ2v) is 3.74. The maximum Gasteiger partial charge on any atom is 0.236 e. The van der Waals surface area contributed by atoms with Gasteiger partial charge >= 0.3 is 0 Å². The van der Waals surface area contributed by atoms with Crippen molar-refractivity contribution < 1.29 is 14.3 Å². The van der Waals surface area contributed by atoms with Gasteiger partial charge in [0.15, 0.2) is 0 Å². The summed E-state index contributed by atoms with van der Waals surface area (Å²) in [5.41, 5.74) is 5.40. The Bertz CT molecular complexity index is 389. The third kappa shape index (κ3) is 3.85. The van der Waals surface area contributed by atoms with Crippen LogP contribution in [0.5, 0.6) is 11.8 Å². The fraction of sp³-hybridized carbons (Fsp3) is 0.545. The minimum absolute atomic E-state index is 0.153. The number of nitrogens with two attached hydrogens (primary N) is 1. The van der Waals surface area contributed by atoms with E-state index in [-0.39, 0.29) is 17.8 Å². The van der Waals surface area contributed by atoms with Gasteiger partial charge in [-0.3, -0.25) is 10.1 Å². The van der Waals surface area contributed by atoms with E-state index in [1.165, 1.54) is 20.3 Å². The standard InChI is InChI=1S/C11H18N4O3/c1-7(4-5-12)10(16)15-11-13-8(17-2)6-9(14-11)18-3/h6-7H,4-5,12H2,1-3H3,(H,13,14,15,16). The minimum Gasteiger partial charge on any atom is -0.481 e. The van der Waals surface area contributed by atoms with Crippen molar-refractivity contribution in [2.75, 3.05) is 26.1 Å². The van der Waals surface area contributed by atoms with Gasteiger partial charge in [-0.15, -0.1) is 0 Å². The molecular formula is C11H18N4O3. The van der Waals surface area contributed by atoms with Crippen molar-refractivity contribution in [3.63, 3.8) is 0 Å². The molecule has 1 rings (SSSR count). The van der Waals surface area contributed by atoms with Gasteiger partial charge in [-0.1, -0.05) is 6.92 Å². The van der Waals surface area contributed by atoms with Crippen molar-refractivity contribution >= 4 is 11.9 Å². The Morgan fingerprint density at radius 1 is 1.39 bits per heavy atom. The van der Waals surface area contributed by atoms with E-state index in [2.05, 4.69) is 15.3 Å². The van der Waals surface area contributed by atoms with E-state index in [9.17, 15) is 4.79 Å². The lowest BCUT2D eigenvalue weighted by Crippen LogP contribution is -2.23. The van der Waals surface area contributed by atoms with Gasteiger partial charge in [0, 0.05) is 5.92 Å². The normalized spacial score (nSPS) is 11.8. The van der Waals surface area contributed by atoms with Crippen LogP contribution < -0.4 is 20.5 Å². The van der Waals surface area contributed by atoms with Crippen LogP contribution in [0.15, 0.2) is 6.07 Å². The highest BCUT2D eigenvalue weighted by atomic mass is 16.5. The smallest absolute Gasteiger partial charge is 0.236 e. The lowest BCUT2D eigenvalue weighted by molar-refractivity contribution is -0.119. The zero-order valence-corrected chi connectivity index (χ0v) is 10.8. The first-order valence-corrected chi connectivity index (χ1v) is 5.58. The van der Waals surface area contributed by atoms with Crippen molar-refractivity contribution in [2.45, 2.75) is 13.3 Å². The average Bonchev–Trinajstić information content (AvgIpc) is 2.38. The number of rotatable bonds is 6. The Morgan fingerprint density at radius 3 is 2.39 bits per heavy atom. The molecule has 7 heteroatoms. The Balaban J connectivity index is 2.80. The highest BCUT2D eigenvalue weighted by Crippen LogP contribution is 2.17. The summed E-state index contributed by atoms with van der Waals surface area (Å²) >= 11 is 0. The Kier molecular flexibility index (Phi) is 5.31. The maximum absolute atomic E-state index is 11.8. The molecule has 100 valence electrons. The molecule has 0 aliphatic heterocycles. The molecule has 1 aromatic rings. The molecule has 1 aromatic heterocycles. The molecule has 0 aliphatic rings. The van der Waals surface area contributed by atoms with Crippen LogP contribution in [0.1, 0.15) is 13.3 Å². The molecule has 0 saturated carbocycles. The number of hydrogen-bond donors (Lipinski definition) is 2. The van der Waals surface area contributed by atoms with Crippen LogP contribution in [-0.2, 0) is 4.79 Å². The first-order chi connectivity index (χ1) is 8.60. The summed E-state index contributed by atoms with van der Waals surface area (Å²) in [5.74, 6) is 0.416. The minimum atomic E-state index is -0.198. The SMILES string of the molecule is COc1cc(OC)nc(NC(=O)C(C)CCN)n1. The maximum atomic E-state index is 11.8. The van der Waals surface area contributed by atoms with Crippen molar-refractivity contribution in [1.82, 2.24) is 9.97 Å². The third-order valence-electron chi connectivity index (χ3n) is 2.38. The van der Waals surface area contributed by atoms with E-state index in [0.717, 1.165) is 0 Å². The van der Waals surface area contributed by atoms with Crippen molar-refractivity contribution in [2.24, 2.45) is 11.7 Å². The number of anilines is 1. The highest BCUT2D eigenvalue weighted by Gasteiger charge is 2.14. The predicted molar refractivity (Wildman–Crippen MR) is 66.6 cm³/mol. The average molecular weight is 254 g/mol. The summed E-state index contributed by atoms with van der Waals surface area (Å²) in [5, 5.41) is 2.60. The number of aromatic nitrogens is 2. The summed E-state index contributed by atoms with van der Waals surface area (Å²) < 4.78 is 9.97. The van der Waals surface area contributed by atoms with Crippen LogP contribution in [0.25, 0.3) is 0 Å². The second-order valence-electron chi connectivity index (χ2n) is 3.74. The lowest BCUT2D eigenvalue weighted by atomic mass is 10.1. The monoisotopic (exact) mass is 254 g/mol. The van der Waals surface area contributed by atoms with Crippen LogP contribution in [0.3, 0.4) is 0 Å². The van der Waals surface area contributed by atoms with Crippen LogP contribution in [0, 0.1) is 5.92 Å². The van der Waals surface area contributed by atoms with Gasteiger partial charge in [0.05, 0.1) is 20.3 Å². The molecule has 3 N–H and O–H groups in total. The summed E-state index contributed by atoms with van der Waals surface area (Å²) in [6.07, 6.45) is 0.604. The van der Waals surface area contributed by atoms with Gasteiger partial charge in [0.25, 0.3) is 0 Å². The fourth-order valence-electron chi connectivity index (χ4n) is 1.28. The van der Waals surface area contributed by atoms with Gasteiger partial charge in [-0.05, 0) is 13.0 Å². The Hall–Kier alpha value is -1.89. The van der Waals surface area contributed by atoms with E-state index in [1.54, 1.807) is 6.92 Å². The van der Waals surface area contributed by atoms with Crippen molar-refractivity contribution in [3.05, 3.63) is 6.07 Å². The zero-order chi connectivity index (χ0) is 13.5. The van der Waals surface area contributed by atoms with Crippen molar-refractivity contribution in [1.29, 1.82) is 0 Å². The zero-order valence-electron chi connectivity index (χ0n) is 10.8. The number of nitrogens with one attached hydrogen (secondary N) is 1. The highest BCUT2D eigenvalue weighted by molar-refractivity contribution is 5.90. The lowest BCUT2D eigenvalue weighted by Gasteiger charge is -2.11. The number of carbonyl (C=O) groups is 1. The molecular weight excluding hydrogens is 236 g/mol. The number of amides is 1. The molecule has 18 heavy (non-hydrogen) atoms. The molecule has 0 saturated heterocycles. The van der Waals surface area contributed by atoms with E-state index in [4.69, 9.17) is 15.2 Å². The summed E-state index contributed by atoms with van der Waals surface area (Å²) in [6, 6.07) is 1.53. The predicted octanol–water partition coefficient (Wildman–Crippen LogP) is 0.417. The molecule has 1 amide bonds. The molecule has 0 fully saturated rings. The topological polar surface area (TPSA) is 99.4 Å². The second kappa shape index (κ2) is 6.75. The number of ether oxygens (including phenoxy) is 2. The molecule has 0 aliphatic carbocycles. The number of methoxy groups -OCH3 is 2. The molecule has 0 spiro atoms. The van der Waals surface area contributed by atoms with Gasteiger partial charge in [0.1, 0.15) is 0 Å². The molecule has 7 nitrogen and oxygen atoms in total. The summed E-state index contributed by atoms with van der Waals surface area (Å²) in [7, 11) is 2.95. The van der Waals surface area contributed by atoms with Gasteiger partial charge in [-0.25, -0.2) is 0 Å². The van der Waals surface area contributed by atoms with Crippen molar-refractivity contribution in [3.8, 4) is 11.8 Å². The first kappa shape index (κ1) is 14.2. The Labute approximate surface area is 106 Å². The summed E-state index contributed by atoms with van der Waals surface area (Å²) in [6.45, 7) is 2.25. The van der Waals surface area contributed by atoms with E-state index < -0.39 is 0 Å². The van der Waals surface area contributed by atoms with E-state index >= 15 is 0 Å². The van der Waals surface area contributed by atoms with Gasteiger partial charge in [-0.2, -0.15) is 9.97 Å². The quantitative estimate of drug-likeness (QED) is 0.763. The molecule has 0 aromatic carbocycles. The Morgan fingerprint density at radius 2 is 1.94 bits per heavy atom. The summed E-state index contributed by atoms with van der Waals surface area (Å²) in [4.78, 5) is 19.8. The molecule has 1 unspecified atom stereocenters. The first-order valence-electron chi connectivity index (χ1n) is 5.58. The third-order valence-corrected chi connectivity index (χ3v) is 2.38. The number of hydrogen-bond acceptors (Lipinski definition) is 6. The number of carbonyl (C=O) groups excluding carboxylic acids is 1. The molecule has 1 heterocycles. The van der Waals surface area contributed by atoms with Crippen LogP contribution in [0.4, 0.5) is 5.95 Å². The number of nitrogens with zero attached hydrogens (tertiary/aromatic N) is 2. The van der Waals surface area contributed by atoms with E-state index in [1.807, 2.05) is 0 Å². The van der Waals surface area contributed by atoms with Gasteiger partial charge < -0.3 is 15.2 Å². The van der Waals surface area contributed by atoms with Crippen LogP contribution in [0.2, 0.25) is 0 Å². The molecule has 1 atom stereocenters. The largest absolute Gasteiger partial charge is 0.481 e. The van der Waals surface area contributed by atoms with Crippen LogP contribution >= 0.6 is 0 Å². The van der Waals surface area contributed by atoms with Gasteiger partial charge in [0.2, 0.25) is 23.6 Å². The molecule has 0 bridgehead atoms.